The molecule has 0 aliphatic heterocycles. The van der Waals surface area contributed by atoms with Gasteiger partial charge in [-0.15, -0.1) is 0 Å². The van der Waals surface area contributed by atoms with Crippen LogP contribution >= 0.6 is 0 Å². The summed E-state index contributed by atoms with van der Waals surface area (Å²) in [6, 6.07) is 0. The highest BCUT2D eigenvalue weighted by Gasteiger charge is 2.41. The lowest BCUT2D eigenvalue weighted by Gasteiger charge is -2.44. The molecule has 0 aromatic heterocycles. The van der Waals surface area contributed by atoms with E-state index in [1.807, 2.05) is 0 Å². The lowest BCUT2D eigenvalue weighted by molar-refractivity contribution is 0.233. The summed E-state index contributed by atoms with van der Waals surface area (Å²) < 4.78 is 6.59. The van der Waals surface area contributed by atoms with E-state index in [0.29, 0.717) is 10.8 Å². The molecule has 0 saturated carbocycles. The van der Waals surface area contributed by atoms with Crippen LogP contribution in [0.1, 0.15) is 53.9 Å². The lowest BCUT2D eigenvalue weighted by Crippen LogP contribution is -2.46. The molecule has 3 heteroatoms. The number of hydrogen-bond donors (Lipinski definition) is 0. The van der Waals surface area contributed by atoms with Crippen molar-refractivity contribution in [3.8, 4) is 0 Å². The van der Waals surface area contributed by atoms with E-state index in [1.54, 1.807) is 0 Å². The minimum atomic E-state index is -1.16. The summed E-state index contributed by atoms with van der Waals surface area (Å²) in [4.78, 5) is 0. The predicted octanol–water partition coefficient (Wildman–Crippen LogP) is 5.23. The van der Waals surface area contributed by atoms with Gasteiger partial charge >= 0.3 is 0 Å². The maximum Gasteiger partial charge on any atom is 0.180 e. The van der Waals surface area contributed by atoms with E-state index in [2.05, 4.69) is 60.8 Å². The van der Waals surface area contributed by atoms with Gasteiger partial charge in [0.1, 0.15) is 0 Å². The molecule has 0 bridgehead atoms. The second-order valence-electron chi connectivity index (χ2n) is 7.04. The molecule has 0 aromatic rings. The second kappa shape index (κ2) is 7.25. The normalized spacial score (nSPS) is 18.5. The molecule has 1 nitrogen and oxygen atoms in total. The van der Waals surface area contributed by atoms with Gasteiger partial charge in [-0.2, -0.15) is 0 Å². The summed E-state index contributed by atoms with van der Waals surface area (Å²) >= 11 is 0. The summed E-state index contributed by atoms with van der Waals surface area (Å²) in [6.45, 7) is 21.5. The van der Waals surface area contributed by atoms with Crippen LogP contribution in [0.25, 0.3) is 0 Å². The van der Waals surface area contributed by atoms with E-state index in [1.165, 1.54) is 19.3 Å². The van der Waals surface area contributed by atoms with Gasteiger partial charge in [0.15, 0.2) is 9.04 Å². The van der Waals surface area contributed by atoms with Crippen LogP contribution in [-0.2, 0) is 4.43 Å². The summed E-state index contributed by atoms with van der Waals surface area (Å²) in [5.41, 5.74) is 0.501. The SMILES string of the molecule is CC[C@H](C)C(CC)(CC)[Si@@H](C)OC(C)[Si](C)(C)C. The van der Waals surface area contributed by atoms with E-state index in [9.17, 15) is 0 Å². The first-order chi connectivity index (χ1) is 8.15. The van der Waals surface area contributed by atoms with Gasteiger partial charge in [0.25, 0.3) is 0 Å². The van der Waals surface area contributed by atoms with E-state index >= 15 is 0 Å². The summed E-state index contributed by atoms with van der Waals surface area (Å²) in [5.74, 6) is 0.794. The fourth-order valence-corrected chi connectivity index (χ4v) is 8.29. The average molecular weight is 289 g/mol. The van der Waals surface area contributed by atoms with Gasteiger partial charge in [-0.05, 0) is 24.4 Å². The van der Waals surface area contributed by atoms with Crippen LogP contribution in [0.3, 0.4) is 0 Å². The van der Waals surface area contributed by atoms with Gasteiger partial charge in [-0.1, -0.05) is 66.6 Å². The molecule has 0 rings (SSSR count). The van der Waals surface area contributed by atoms with Gasteiger partial charge in [0, 0.05) is 5.73 Å². The standard InChI is InChI=1S/C15H36OSi2/c1-10-13(4)15(11-2,12-3)17(6)16-14(5)18(7,8)9/h13-14,17H,10-12H2,1-9H3/t13-,14?,17+/m0/s1. The minimum Gasteiger partial charge on any atom is -0.420 e. The Labute approximate surface area is 118 Å². The Morgan fingerprint density at radius 2 is 1.50 bits per heavy atom. The van der Waals surface area contributed by atoms with Crippen molar-refractivity contribution >= 4 is 17.1 Å². The zero-order valence-corrected chi connectivity index (χ0v) is 16.4. The van der Waals surface area contributed by atoms with Crippen LogP contribution in [-0.4, -0.2) is 22.8 Å². The smallest absolute Gasteiger partial charge is 0.180 e. The third-order valence-electron chi connectivity index (χ3n) is 5.35. The molecule has 0 aromatic carbocycles. The molecule has 3 atom stereocenters. The Morgan fingerprint density at radius 3 is 1.78 bits per heavy atom. The molecule has 0 amide bonds. The van der Waals surface area contributed by atoms with Crippen LogP contribution in [0.5, 0.6) is 0 Å². The van der Waals surface area contributed by atoms with Crippen molar-refractivity contribution < 1.29 is 4.43 Å². The monoisotopic (exact) mass is 288 g/mol. The van der Waals surface area contributed by atoms with E-state index < -0.39 is 17.1 Å². The van der Waals surface area contributed by atoms with E-state index in [4.69, 9.17) is 4.43 Å². The first-order valence-corrected chi connectivity index (χ1v) is 13.6. The molecule has 1 unspecified atom stereocenters. The van der Waals surface area contributed by atoms with E-state index in [0.717, 1.165) is 5.92 Å². The quantitative estimate of drug-likeness (QED) is 0.556. The Kier molecular flexibility index (Phi) is 7.41. The van der Waals surface area contributed by atoms with Gasteiger partial charge in [0.05, 0.1) is 8.07 Å². The first kappa shape index (κ1) is 18.4. The highest BCUT2D eigenvalue weighted by atomic mass is 28.3. The van der Waals surface area contributed by atoms with E-state index in [-0.39, 0.29) is 0 Å². The number of rotatable bonds is 8. The predicted molar refractivity (Wildman–Crippen MR) is 89.6 cm³/mol. The third kappa shape index (κ3) is 4.21. The molecular weight excluding hydrogens is 252 g/mol. The maximum absolute atomic E-state index is 6.59. The molecule has 0 saturated heterocycles. The molecule has 0 heterocycles. The Bertz CT molecular complexity index is 231. The van der Waals surface area contributed by atoms with Crippen LogP contribution in [0.15, 0.2) is 0 Å². The maximum atomic E-state index is 6.59. The van der Waals surface area contributed by atoms with Crippen LogP contribution in [0, 0.1) is 5.92 Å². The van der Waals surface area contributed by atoms with Crippen LogP contribution in [0.2, 0.25) is 31.2 Å². The molecular formula is C15H36OSi2. The van der Waals surface area contributed by atoms with Gasteiger partial charge in [-0.25, -0.2) is 0 Å². The van der Waals surface area contributed by atoms with Crippen molar-refractivity contribution in [1.29, 1.82) is 0 Å². The van der Waals surface area contributed by atoms with Gasteiger partial charge in [0.2, 0.25) is 0 Å². The fraction of sp³-hybridized carbons (Fsp3) is 1.00. The third-order valence-corrected chi connectivity index (χ3v) is 12.0. The molecule has 110 valence electrons. The average Bonchev–Trinajstić information content (AvgIpc) is 2.29. The summed E-state index contributed by atoms with van der Waals surface area (Å²) in [5, 5.41) is 0.489. The Morgan fingerprint density at radius 1 is 1.06 bits per heavy atom. The highest BCUT2D eigenvalue weighted by molar-refractivity contribution is 6.77. The van der Waals surface area contributed by atoms with Crippen LogP contribution < -0.4 is 0 Å². The molecule has 0 aliphatic carbocycles. The number of hydrogen-bond acceptors (Lipinski definition) is 1. The zero-order chi connectivity index (χ0) is 14.6. The largest absolute Gasteiger partial charge is 0.420 e. The van der Waals surface area contributed by atoms with Gasteiger partial charge < -0.3 is 4.43 Å². The molecule has 0 fully saturated rings. The molecule has 0 spiro atoms. The van der Waals surface area contributed by atoms with Crippen LogP contribution in [0.4, 0.5) is 0 Å². The highest BCUT2D eigenvalue weighted by Crippen LogP contribution is 2.47. The van der Waals surface area contributed by atoms with Crippen molar-refractivity contribution in [3.63, 3.8) is 0 Å². The lowest BCUT2D eigenvalue weighted by atomic mass is 9.86. The molecule has 0 radical (unpaired) electrons. The first-order valence-electron chi connectivity index (χ1n) is 7.81. The molecule has 0 aliphatic rings. The topological polar surface area (TPSA) is 9.23 Å². The van der Waals surface area contributed by atoms with Crippen molar-refractivity contribution in [1.82, 2.24) is 0 Å². The Balaban J connectivity index is 4.93. The second-order valence-corrected chi connectivity index (χ2v) is 15.3. The molecule has 18 heavy (non-hydrogen) atoms. The minimum absolute atomic E-state index is 0.489. The molecule has 0 N–H and O–H groups in total. The van der Waals surface area contributed by atoms with Crippen molar-refractivity contribution in [3.05, 3.63) is 0 Å². The summed E-state index contributed by atoms with van der Waals surface area (Å²) in [6.07, 6.45) is 3.85. The van der Waals surface area contributed by atoms with Gasteiger partial charge in [-0.3, -0.25) is 0 Å². The van der Waals surface area contributed by atoms with Crippen molar-refractivity contribution in [2.24, 2.45) is 5.92 Å². The fourth-order valence-electron chi connectivity index (χ4n) is 2.97. The Hall–Kier alpha value is 0.394. The zero-order valence-electron chi connectivity index (χ0n) is 14.3. The van der Waals surface area contributed by atoms with Crippen molar-refractivity contribution in [2.75, 3.05) is 0 Å². The van der Waals surface area contributed by atoms with Crippen molar-refractivity contribution in [2.45, 2.75) is 90.8 Å². The summed E-state index contributed by atoms with van der Waals surface area (Å²) in [7, 11) is -2.31.